The monoisotopic (exact) mass is 282 g/mol. The van der Waals surface area contributed by atoms with Crippen molar-refractivity contribution < 1.29 is 4.74 Å². The molecular formula is C16H14N2OS. The van der Waals surface area contributed by atoms with E-state index in [0.717, 1.165) is 22.7 Å². The van der Waals surface area contributed by atoms with Crippen molar-refractivity contribution in [3.63, 3.8) is 0 Å². The van der Waals surface area contributed by atoms with Gasteiger partial charge in [0.15, 0.2) is 4.80 Å². The van der Waals surface area contributed by atoms with Crippen molar-refractivity contribution in [1.82, 2.24) is 4.57 Å². The van der Waals surface area contributed by atoms with E-state index in [0.29, 0.717) is 4.80 Å². The molecule has 1 heterocycles. The van der Waals surface area contributed by atoms with Gasteiger partial charge >= 0.3 is 0 Å². The Morgan fingerprint density at radius 3 is 2.45 bits per heavy atom. The van der Waals surface area contributed by atoms with Crippen molar-refractivity contribution in [3.05, 3.63) is 64.8 Å². The standard InChI is InChI=1S/C16H14N2OS/c1-19-15-10-6-5-9-13(15)14-11-20-16(17)18(14)12-7-3-2-4-8-12/h2-11,17H,1H3. The van der Waals surface area contributed by atoms with Crippen LogP contribution in [0.25, 0.3) is 16.9 Å². The number of methoxy groups -OCH3 is 1. The van der Waals surface area contributed by atoms with Crippen molar-refractivity contribution in [2.75, 3.05) is 7.11 Å². The lowest BCUT2D eigenvalue weighted by Gasteiger charge is -2.11. The number of thiazole rings is 1. The molecular weight excluding hydrogens is 268 g/mol. The molecule has 0 aliphatic carbocycles. The Morgan fingerprint density at radius 1 is 1.00 bits per heavy atom. The molecule has 0 atom stereocenters. The summed E-state index contributed by atoms with van der Waals surface area (Å²) >= 11 is 1.41. The first-order chi connectivity index (χ1) is 9.81. The molecule has 3 rings (SSSR count). The maximum absolute atomic E-state index is 8.15. The molecule has 0 aliphatic heterocycles. The molecule has 0 saturated heterocycles. The summed E-state index contributed by atoms with van der Waals surface area (Å²) in [7, 11) is 1.67. The number of ether oxygens (including phenoxy) is 1. The van der Waals surface area contributed by atoms with Gasteiger partial charge in [-0.2, -0.15) is 0 Å². The van der Waals surface area contributed by atoms with Crippen LogP contribution in [0.4, 0.5) is 0 Å². The smallest absolute Gasteiger partial charge is 0.187 e. The second-order valence-corrected chi connectivity index (χ2v) is 5.16. The largest absolute Gasteiger partial charge is 0.496 e. The van der Waals surface area contributed by atoms with E-state index in [1.165, 1.54) is 11.3 Å². The van der Waals surface area contributed by atoms with Gasteiger partial charge in [0.1, 0.15) is 5.75 Å². The minimum absolute atomic E-state index is 0.497. The molecule has 3 aromatic rings. The quantitative estimate of drug-likeness (QED) is 0.781. The fourth-order valence-corrected chi connectivity index (χ4v) is 2.96. The third-order valence-electron chi connectivity index (χ3n) is 3.12. The first-order valence-corrected chi connectivity index (χ1v) is 7.13. The van der Waals surface area contributed by atoms with Crippen LogP contribution in [-0.4, -0.2) is 11.7 Å². The molecule has 100 valence electrons. The lowest BCUT2D eigenvalue weighted by molar-refractivity contribution is 0.416. The van der Waals surface area contributed by atoms with Gasteiger partial charge in [-0.1, -0.05) is 30.3 Å². The van der Waals surface area contributed by atoms with E-state index in [1.807, 2.05) is 64.5 Å². The average Bonchev–Trinajstić information content (AvgIpc) is 2.89. The van der Waals surface area contributed by atoms with Gasteiger partial charge in [-0.3, -0.25) is 9.98 Å². The number of rotatable bonds is 3. The number of hydrogen-bond acceptors (Lipinski definition) is 3. The van der Waals surface area contributed by atoms with Gasteiger partial charge in [0, 0.05) is 16.6 Å². The normalized spacial score (nSPS) is 10.4. The van der Waals surface area contributed by atoms with Crippen molar-refractivity contribution in [2.24, 2.45) is 0 Å². The molecule has 2 aromatic carbocycles. The fourth-order valence-electron chi connectivity index (χ4n) is 2.20. The van der Waals surface area contributed by atoms with E-state index in [9.17, 15) is 0 Å². The summed E-state index contributed by atoms with van der Waals surface area (Å²) in [6, 6.07) is 17.8. The Balaban J connectivity index is 2.24. The Morgan fingerprint density at radius 2 is 1.70 bits per heavy atom. The number of nitrogens with one attached hydrogen (secondary N) is 1. The first-order valence-electron chi connectivity index (χ1n) is 6.25. The average molecular weight is 282 g/mol. The Hall–Kier alpha value is -2.33. The highest BCUT2D eigenvalue weighted by Gasteiger charge is 2.12. The van der Waals surface area contributed by atoms with E-state index >= 15 is 0 Å². The summed E-state index contributed by atoms with van der Waals surface area (Å²) in [4.78, 5) is 0.497. The van der Waals surface area contributed by atoms with E-state index in [2.05, 4.69) is 0 Å². The van der Waals surface area contributed by atoms with Crippen LogP contribution in [0.2, 0.25) is 0 Å². The minimum atomic E-state index is 0.497. The molecule has 3 nitrogen and oxygen atoms in total. The zero-order valence-electron chi connectivity index (χ0n) is 11.0. The zero-order valence-corrected chi connectivity index (χ0v) is 11.9. The summed E-state index contributed by atoms with van der Waals surface area (Å²) in [6.45, 7) is 0. The van der Waals surface area contributed by atoms with Crippen LogP contribution in [0.3, 0.4) is 0 Å². The minimum Gasteiger partial charge on any atom is -0.496 e. The van der Waals surface area contributed by atoms with E-state index in [-0.39, 0.29) is 0 Å². The highest BCUT2D eigenvalue weighted by molar-refractivity contribution is 7.07. The summed E-state index contributed by atoms with van der Waals surface area (Å²) in [5.74, 6) is 0.815. The predicted molar refractivity (Wildman–Crippen MR) is 81.5 cm³/mol. The first kappa shape index (κ1) is 12.7. The summed E-state index contributed by atoms with van der Waals surface area (Å²) in [6.07, 6.45) is 0. The number of aromatic nitrogens is 1. The summed E-state index contributed by atoms with van der Waals surface area (Å²) in [5.41, 5.74) is 2.96. The Kier molecular flexibility index (Phi) is 3.39. The molecule has 0 bridgehead atoms. The van der Waals surface area contributed by atoms with Crippen molar-refractivity contribution >= 4 is 11.3 Å². The second-order valence-electron chi connectivity index (χ2n) is 4.30. The highest BCUT2D eigenvalue weighted by Crippen LogP contribution is 2.31. The molecule has 20 heavy (non-hydrogen) atoms. The molecule has 1 aromatic heterocycles. The molecule has 0 aliphatic rings. The van der Waals surface area contributed by atoms with E-state index in [1.54, 1.807) is 7.11 Å². The number of nitrogens with zero attached hydrogens (tertiary/aromatic N) is 1. The SMILES string of the molecule is COc1ccccc1-c1csc(=N)n1-c1ccccc1. The van der Waals surface area contributed by atoms with E-state index < -0.39 is 0 Å². The third-order valence-corrected chi connectivity index (χ3v) is 3.87. The van der Waals surface area contributed by atoms with Crippen LogP contribution in [0, 0.1) is 5.41 Å². The van der Waals surface area contributed by atoms with Crippen LogP contribution in [0.1, 0.15) is 0 Å². The highest BCUT2D eigenvalue weighted by atomic mass is 32.1. The van der Waals surface area contributed by atoms with Crippen molar-refractivity contribution in [1.29, 1.82) is 5.41 Å². The van der Waals surface area contributed by atoms with Gasteiger partial charge in [-0.05, 0) is 24.3 Å². The summed E-state index contributed by atoms with van der Waals surface area (Å²) < 4.78 is 7.36. The molecule has 0 radical (unpaired) electrons. The Labute approximate surface area is 121 Å². The maximum atomic E-state index is 8.15. The van der Waals surface area contributed by atoms with Gasteiger partial charge in [-0.15, -0.1) is 11.3 Å². The van der Waals surface area contributed by atoms with Gasteiger partial charge in [0.25, 0.3) is 0 Å². The van der Waals surface area contributed by atoms with Crippen LogP contribution >= 0.6 is 11.3 Å². The van der Waals surface area contributed by atoms with Gasteiger partial charge in [0.05, 0.1) is 12.8 Å². The van der Waals surface area contributed by atoms with E-state index in [4.69, 9.17) is 10.1 Å². The fraction of sp³-hybridized carbons (Fsp3) is 0.0625. The molecule has 0 saturated carbocycles. The van der Waals surface area contributed by atoms with Crippen LogP contribution in [0.15, 0.2) is 60.0 Å². The third kappa shape index (κ3) is 2.14. The number of benzene rings is 2. The van der Waals surface area contributed by atoms with Crippen LogP contribution < -0.4 is 9.54 Å². The second kappa shape index (κ2) is 5.35. The topological polar surface area (TPSA) is 38.0 Å². The lowest BCUT2D eigenvalue weighted by atomic mass is 10.1. The van der Waals surface area contributed by atoms with Gasteiger partial charge in [0.2, 0.25) is 0 Å². The Bertz CT molecular complexity index is 774. The van der Waals surface area contributed by atoms with Crippen LogP contribution in [-0.2, 0) is 0 Å². The molecule has 4 heteroatoms. The molecule has 0 unspecified atom stereocenters. The molecule has 0 fully saturated rings. The maximum Gasteiger partial charge on any atom is 0.187 e. The lowest BCUT2D eigenvalue weighted by Crippen LogP contribution is -2.12. The number of hydrogen-bond donors (Lipinski definition) is 1. The molecule has 0 amide bonds. The van der Waals surface area contributed by atoms with Crippen molar-refractivity contribution in [2.45, 2.75) is 0 Å². The molecule has 1 N–H and O–H groups in total. The zero-order chi connectivity index (χ0) is 13.9. The summed E-state index contributed by atoms with van der Waals surface area (Å²) in [5, 5.41) is 10.1. The van der Waals surface area contributed by atoms with Crippen LogP contribution in [0.5, 0.6) is 5.75 Å². The molecule has 0 spiro atoms. The number of para-hydroxylation sites is 2. The van der Waals surface area contributed by atoms with Gasteiger partial charge < -0.3 is 4.74 Å². The predicted octanol–water partition coefficient (Wildman–Crippen LogP) is 3.69. The van der Waals surface area contributed by atoms with Gasteiger partial charge in [-0.25, -0.2) is 0 Å². The van der Waals surface area contributed by atoms with Crippen molar-refractivity contribution in [3.8, 4) is 22.7 Å².